The molecule has 2 amide bonds. The van der Waals surface area contributed by atoms with Crippen molar-refractivity contribution in [2.45, 2.75) is 73.0 Å². The highest BCUT2D eigenvalue weighted by molar-refractivity contribution is 6.19. The smallest absolute Gasteiger partial charge is 0.255 e. The fourth-order valence-electron chi connectivity index (χ4n) is 3.35. The topological polar surface area (TPSA) is 61.8 Å². The maximum absolute atomic E-state index is 15.1. The molecule has 0 aromatic heterocycles. The van der Waals surface area contributed by atoms with Gasteiger partial charge in [-0.3, -0.25) is 14.6 Å². The summed E-state index contributed by atoms with van der Waals surface area (Å²) in [4.78, 5) is 32.0. The van der Waals surface area contributed by atoms with E-state index in [-0.39, 0.29) is 46.8 Å². The van der Waals surface area contributed by atoms with Gasteiger partial charge < -0.3 is 10.2 Å². The van der Waals surface area contributed by atoms with Gasteiger partial charge in [-0.2, -0.15) is 0 Å². The van der Waals surface area contributed by atoms with Gasteiger partial charge in [-0.15, -0.1) is 0 Å². The highest BCUT2D eigenvalue weighted by Gasteiger charge is 2.43. The first kappa shape index (κ1) is 21.1. The molecule has 6 heteroatoms. The van der Waals surface area contributed by atoms with Crippen molar-refractivity contribution in [2.24, 2.45) is 10.9 Å². The van der Waals surface area contributed by atoms with Crippen LogP contribution in [0, 0.1) is 18.7 Å². The minimum Gasteiger partial charge on any atom is -0.334 e. The van der Waals surface area contributed by atoms with Crippen LogP contribution in [0.1, 0.15) is 70.0 Å². The Labute approximate surface area is 161 Å². The van der Waals surface area contributed by atoms with E-state index in [4.69, 9.17) is 0 Å². The lowest BCUT2D eigenvalue weighted by atomic mass is 9.89. The summed E-state index contributed by atoms with van der Waals surface area (Å²) in [5.74, 6) is -1.01. The van der Waals surface area contributed by atoms with E-state index in [2.05, 4.69) is 10.3 Å². The second-order valence-corrected chi connectivity index (χ2v) is 8.24. The molecule has 1 unspecified atom stereocenters. The van der Waals surface area contributed by atoms with E-state index in [1.807, 2.05) is 41.5 Å². The summed E-state index contributed by atoms with van der Waals surface area (Å²) in [6.07, 6.45) is 0. The van der Waals surface area contributed by atoms with Gasteiger partial charge in [-0.05, 0) is 59.1 Å². The number of hydrogen-bond donors (Lipinski definition) is 1. The molecule has 148 valence electrons. The second-order valence-electron chi connectivity index (χ2n) is 8.24. The molecule has 27 heavy (non-hydrogen) atoms. The molecule has 0 saturated carbocycles. The van der Waals surface area contributed by atoms with Gasteiger partial charge >= 0.3 is 0 Å². The minimum absolute atomic E-state index is 0.0456. The van der Waals surface area contributed by atoms with Crippen molar-refractivity contribution in [1.29, 1.82) is 0 Å². The quantitative estimate of drug-likeness (QED) is 0.853. The molecule has 0 radical (unpaired) electrons. The van der Waals surface area contributed by atoms with Gasteiger partial charge in [0.15, 0.2) is 0 Å². The molecule has 0 spiro atoms. The molecule has 0 fully saturated rings. The summed E-state index contributed by atoms with van der Waals surface area (Å²) in [6, 6.07) is 3.11. The van der Waals surface area contributed by atoms with Gasteiger partial charge in [0.1, 0.15) is 17.2 Å². The van der Waals surface area contributed by atoms with Crippen molar-refractivity contribution in [1.82, 2.24) is 10.2 Å². The van der Waals surface area contributed by atoms with E-state index in [9.17, 15) is 9.59 Å². The van der Waals surface area contributed by atoms with E-state index in [0.717, 1.165) is 0 Å². The lowest BCUT2D eigenvalue weighted by Crippen LogP contribution is -2.43. The Kier molecular flexibility index (Phi) is 5.78. The van der Waals surface area contributed by atoms with E-state index >= 15 is 4.39 Å². The number of aliphatic imine (C=N–C) groups is 1. The molecule has 1 aliphatic rings. The van der Waals surface area contributed by atoms with Crippen LogP contribution >= 0.6 is 0 Å². The van der Waals surface area contributed by atoms with Crippen LogP contribution in [0.2, 0.25) is 0 Å². The Morgan fingerprint density at radius 1 is 1.15 bits per heavy atom. The Hall–Kier alpha value is -2.24. The second kappa shape index (κ2) is 7.41. The maximum atomic E-state index is 15.1. The van der Waals surface area contributed by atoms with Crippen LogP contribution in [0.15, 0.2) is 17.1 Å². The summed E-state index contributed by atoms with van der Waals surface area (Å²) >= 11 is 0. The van der Waals surface area contributed by atoms with Gasteiger partial charge in [-0.25, -0.2) is 4.39 Å². The fourth-order valence-corrected chi connectivity index (χ4v) is 3.35. The number of aryl methyl sites for hydroxylation is 1. The Morgan fingerprint density at radius 2 is 1.70 bits per heavy atom. The largest absolute Gasteiger partial charge is 0.334 e. The molecule has 1 N–H and O–H groups in total. The molecule has 0 aliphatic carbocycles. The molecule has 1 aromatic carbocycles. The number of hydrogen-bond acceptors (Lipinski definition) is 3. The first-order valence-electron chi connectivity index (χ1n) is 9.45. The number of halogens is 1. The summed E-state index contributed by atoms with van der Waals surface area (Å²) in [5.41, 5.74) is -0.296. The van der Waals surface area contributed by atoms with Gasteiger partial charge in [-0.1, -0.05) is 19.9 Å². The molecule has 0 bridgehead atoms. The molecule has 5 nitrogen and oxygen atoms in total. The summed E-state index contributed by atoms with van der Waals surface area (Å²) in [7, 11) is 0. The zero-order valence-electron chi connectivity index (χ0n) is 17.5. The van der Waals surface area contributed by atoms with Crippen LogP contribution in [0.3, 0.4) is 0 Å². The van der Waals surface area contributed by atoms with E-state index in [0.29, 0.717) is 5.56 Å². The lowest BCUT2D eigenvalue weighted by Gasteiger charge is -2.31. The third-order valence-corrected chi connectivity index (χ3v) is 5.31. The number of nitrogens with one attached hydrogen (secondary N) is 1. The molecule has 1 heterocycles. The standard InChI is InChI=1S/C21H30FN3O2/c1-11(2)21(8)20(27)23-18(24-21)16-15(10-9-14(7)17(16)22)19(26)25(12(3)4)13(5)6/h9-13H,1-8H3,(H,23,24,27). The molecular formula is C21H30FN3O2. The van der Waals surface area contributed by atoms with E-state index < -0.39 is 11.4 Å². The SMILES string of the molecule is Cc1ccc(C(=O)N(C(C)C)C(C)C)c(C2=NC(C)(C(C)C)C(=O)N2)c1F. The highest BCUT2D eigenvalue weighted by atomic mass is 19.1. The number of amides is 2. The molecule has 2 rings (SSSR count). The zero-order chi connectivity index (χ0) is 20.7. The van der Waals surface area contributed by atoms with Crippen molar-refractivity contribution >= 4 is 17.6 Å². The number of nitrogens with zero attached hydrogens (tertiary/aromatic N) is 2. The first-order chi connectivity index (χ1) is 12.4. The van der Waals surface area contributed by atoms with Crippen LogP contribution in [0.5, 0.6) is 0 Å². The third-order valence-electron chi connectivity index (χ3n) is 5.31. The third kappa shape index (κ3) is 3.62. The van der Waals surface area contributed by atoms with Crippen molar-refractivity contribution in [2.75, 3.05) is 0 Å². The number of carbonyl (C=O) groups excluding carboxylic acids is 2. The van der Waals surface area contributed by atoms with E-state index in [1.165, 1.54) is 0 Å². The Bertz CT molecular complexity index is 791. The van der Waals surface area contributed by atoms with Crippen LogP contribution in [0.25, 0.3) is 0 Å². The Balaban J connectivity index is 2.67. The lowest BCUT2D eigenvalue weighted by molar-refractivity contribution is -0.124. The normalized spacial score (nSPS) is 19.7. The predicted molar refractivity (Wildman–Crippen MR) is 106 cm³/mol. The van der Waals surface area contributed by atoms with Crippen LogP contribution < -0.4 is 5.32 Å². The number of benzene rings is 1. The highest BCUT2D eigenvalue weighted by Crippen LogP contribution is 2.30. The fraction of sp³-hybridized carbons (Fsp3) is 0.571. The molecule has 0 saturated heterocycles. The average Bonchev–Trinajstić information content (AvgIpc) is 2.85. The molecular weight excluding hydrogens is 345 g/mol. The van der Waals surface area contributed by atoms with Gasteiger partial charge in [0.25, 0.3) is 11.8 Å². The molecule has 1 aliphatic heterocycles. The number of amidine groups is 1. The first-order valence-corrected chi connectivity index (χ1v) is 9.45. The van der Waals surface area contributed by atoms with Crippen molar-refractivity contribution < 1.29 is 14.0 Å². The average molecular weight is 375 g/mol. The summed E-state index contributed by atoms with van der Waals surface area (Å²) in [6.45, 7) is 14.8. The van der Waals surface area contributed by atoms with Crippen molar-refractivity contribution in [3.05, 3.63) is 34.6 Å². The van der Waals surface area contributed by atoms with Crippen LogP contribution in [-0.4, -0.2) is 40.2 Å². The molecule has 1 aromatic rings. The predicted octanol–water partition coefficient (Wildman–Crippen LogP) is 3.68. The number of rotatable bonds is 5. The minimum atomic E-state index is -0.985. The van der Waals surface area contributed by atoms with Crippen molar-refractivity contribution in [3.63, 3.8) is 0 Å². The Morgan fingerprint density at radius 3 is 2.15 bits per heavy atom. The van der Waals surface area contributed by atoms with Gasteiger partial charge in [0.05, 0.1) is 11.1 Å². The van der Waals surface area contributed by atoms with Gasteiger partial charge in [0.2, 0.25) is 0 Å². The van der Waals surface area contributed by atoms with Crippen molar-refractivity contribution in [3.8, 4) is 0 Å². The van der Waals surface area contributed by atoms with E-state index in [1.54, 1.807) is 30.9 Å². The summed E-state index contributed by atoms with van der Waals surface area (Å²) in [5, 5.41) is 2.70. The van der Waals surface area contributed by atoms with Crippen LogP contribution in [0.4, 0.5) is 4.39 Å². The number of carbonyl (C=O) groups is 2. The van der Waals surface area contributed by atoms with Crippen LogP contribution in [-0.2, 0) is 4.79 Å². The summed E-state index contributed by atoms with van der Waals surface area (Å²) < 4.78 is 15.1. The maximum Gasteiger partial charge on any atom is 0.255 e. The zero-order valence-corrected chi connectivity index (χ0v) is 17.5. The van der Waals surface area contributed by atoms with Gasteiger partial charge in [0, 0.05) is 12.1 Å². The monoisotopic (exact) mass is 375 g/mol. The molecule has 1 atom stereocenters.